The molecule has 3 aromatic heterocycles. The van der Waals surface area contributed by atoms with Gasteiger partial charge in [0.25, 0.3) is 0 Å². The topological polar surface area (TPSA) is 56.7 Å². The molecule has 0 saturated heterocycles. The van der Waals surface area contributed by atoms with E-state index in [1.54, 1.807) is 0 Å². The van der Waals surface area contributed by atoms with Crippen LogP contribution in [0.4, 0.5) is 0 Å². The van der Waals surface area contributed by atoms with Gasteiger partial charge < -0.3 is 8.98 Å². The lowest BCUT2D eigenvalue weighted by molar-refractivity contribution is 0.670. The minimum Gasteiger partial charge on any atom is -0.455 e. The average molecular weight is 729 g/mol. The van der Waals surface area contributed by atoms with Gasteiger partial charge in [0, 0.05) is 49.5 Å². The summed E-state index contributed by atoms with van der Waals surface area (Å²) >= 11 is 0. The highest BCUT2D eigenvalue weighted by Gasteiger charge is 2.23. The van der Waals surface area contributed by atoms with Gasteiger partial charge in [0.1, 0.15) is 11.2 Å². The Balaban J connectivity index is 0.984. The van der Waals surface area contributed by atoms with Gasteiger partial charge in [0.15, 0.2) is 17.5 Å². The summed E-state index contributed by atoms with van der Waals surface area (Å²) in [6.45, 7) is 0. The number of nitrogens with zero attached hydrogens (tertiary/aromatic N) is 4. The third-order valence-corrected chi connectivity index (χ3v) is 11.5. The van der Waals surface area contributed by atoms with Gasteiger partial charge in [0.05, 0.1) is 11.0 Å². The van der Waals surface area contributed by atoms with Crippen molar-refractivity contribution in [3.05, 3.63) is 193 Å². The zero-order valence-corrected chi connectivity index (χ0v) is 30.7. The van der Waals surface area contributed by atoms with Crippen LogP contribution in [-0.2, 0) is 6.42 Å². The van der Waals surface area contributed by atoms with Gasteiger partial charge in [-0.1, -0.05) is 140 Å². The number of hydrogen-bond donors (Lipinski definition) is 0. The molecule has 3 heterocycles. The molecule has 266 valence electrons. The standard InChI is InChI=1S/C52H32N4O/c1-3-12-32(13-4-1)50-53-51(33-14-5-2-6-15-33)55-52(54-50)37-23-22-34-28-35-24-26-38(31-44(35)43(34)30-37)56-46-20-9-7-16-40(46)45-29-36(25-27-47(45)56)39-18-11-19-42-41-17-8-10-21-48(41)57-49(39)42/h1-27,29-31H,28H2. The van der Waals surface area contributed by atoms with Crippen molar-refractivity contribution < 1.29 is 4.42 Å². The maximum atomic E-state index is 6.46. The SMILES string of the molecule is c1ccc(-c2nc(-c3ccccc3)nc(-c3ccc4c(c3)-c3cc(-n5c6ccccc6c6cc(-c7cccc8c7oc7ccccc78)ccc65)ccc3C4)n2)cc1. The maximum Gasteiger partial charge on any atom is 0.164 e. The molecule has 1 aliphatic carbocycles. The zero-order chi connectivity index (χ0) is 37.5. The zero-order valence-electron chi connectivity index (χ0n) is 30.7. The minimum absolute atomic E-state index is 0.659. The summed E-state index contributed by atoms with van der Waals surface area (Å²) in [6, 6.07) is 64.1. The monoisotopic (exact) mass is 728 g/mol. The van der Waals surface area contributed by atoms with Crippen molar-refractivity contribution in [3.63, 3.8) is 0 Å². The van der Waals surface area contributed by atoms with Crippen molar-refractivity contribution in [1.82, 2.24) is 19.5 Å². The van der Waals surface area contributed by atoms with Gasteiger partial charge in [-0.3, -0.25) is 0 Å². The first kappa shape index (κ1) is 31.7. The summed E-state index contributed by atoms with van der Waals surface area (Å²) in [5.74, 6) is 1.98. The number of benzene rings is 8. The Hall–Kier alpha value is -7.63. The Kier molecular flexibility index (Phi) is 6.92. The van der Waals surface area contributed by atoms with Crippen molar-refractivity contribution in [2.75, 3.05) is 0 Å². The second-order valence-corrected chi connectivity index (χ2v) is 14.8. The predicted octanol–water partition coefficient (Wildman–Crippen LogP) is 13.1. The van der Waals surface area contributed by atoms with Crippen LogP contribution in [0.1, 0.15) is 11.1 Å². The highest BCUT2D eigenvalue weighted by molar-refractivity contribution is 6.13. The van der Waals surface area contributed by atoms with E-state index >= 15 is 0 Å². The highest BCUT2D eigenvalue weighted by Crippen LogP contribution is 2.43. The van der Waals surface area contributed by atoms with E-state index in [-0.39, 0.29) is 0 Å². The molecule has 0 aliphatic heterocycles. The second kappa shape index (κ2) is 12.4. The summed E-state index contributed by atoms with van der Waals surface area (Å²) in [5.41, 5.74) is 15.5. The molecule has 0 N–H and O–H groups in total. The van der Waals surface area contributed by atoms with E-state index in [2.05, 4.69) is 114 Å². The number of aromatic nitrogens is 4. The molecule has 11 aromatic rings. The Labute approximate surface area is 328 Å². The van der Waals surface area contributed by atoms with Crippen LogP contribution in [0.5, 0.6) is 0 Å². The summed E-state index contributed by atoms with van der Waals surface area (Å²) in [7, 11) is 0. The fourth-order valence-electron chi connectivity index (χ4n) is 8.76. The fourth-order valence-corrected chi connectivity index (χ4v) is 8.76. The Morgan fingerprint density at radius 3 is 1.75 bits per heavy atom. The lowest BCUT2D eigenvalue weighted by atomic mass is 10.0. The number of hydrogen-bond acceptors (Lipinski definition) is 4. The van der Waals surface area contributed by atoms with Crippen LogP contribution in [0.3, 0.4) is 0 Å². The lowest BCUT2D eigenvalue weighted by Crippen LogP contribution is -2.00. The highest BCUT2D eigenvalue weighted by atomic mass is 16.3. The van der Waals surface area contributed by atoms with Gasteiger partial charge in [-0.25, -0.2) is 15.0 Å². The van der Waals surface area contributed by atoms with Gasteiger partial charge >= 0.3 is 0 Å². The van der Waals surface area contributed by atoms with Gasteiger partial charge in [-0.05, 0) is 76.7 Å². The molecule has 0 amide bonds. The number of rotatable bonds is 5. The molecule has 0 atom stereocenters. The van der Waals surface area contributed by atoms with E-state index in [0.29, 0.717) is 17.5 Å². The number of fused-ring (bicyclic) bond motifs is 9. The van der Waals surface area contributed by atoms with Crippen LogP contribution in [0.25, 0.3) is 106 Å². The normalized spacial score (nSPS) is 12.1. The molecule has 12 rings (SSSR count). The molecule has 0 radical (unpaired) electrons. The Morgan fingerprint density at radius 1 is 0.386 bits per heavy atom. The molecule has 5 heteroatoms. The van der Waals surface area contributed by atoms with E-state index < -0.39 is 0 Å². The van der Waals surface area contributed by atoms with Gasteiger partial charge in [-0.2, -0.15) is 0 Å². The number of para-hydroxylation sites is 3. The molecule has 5 nitrogen and oxygen atoms in total. The van der Waals surface area contributed by atoms with E-state index in [9.17, 15) is 0 Å². The van der Waals surface area contributed by atoms with E-state index in [1.165, 1.54) is 38.5 Å². The number of furan rings is 1. The van der Waals surface area contributed by atoms with Crippen LogP contribution in [0.15, 0.2) is 186 Å². The molecule has 8 aromatic carbocycles. The molecule has 1 aliphatic rings. The lowest BCUT2D eigenvalue weighted by Gasteiger charge is -2.12. The van der Waals surface area contributed by atoms with Crippen LogP contribution in [0.2, 0.25) is 0 Å². The quantitative estimate of drug-likeness (QED) is 0.177. The van der Waals surface area contributed by atoms with Crippen molar-refractivity contribution in [2.45, 2.75) is 6.42 Å². The second-order valence-electron chi connectivity index (χ2n) is 14.8. The smallest absolute Gasteiger partial charge is 0.164 e. The molecule has 0 saturated carbocycles. The summed E-state index contributed by atoms with van der Waals surface area (Å²) in [5, 5.41) is 4.70. The first-order chi connectivity index (χ1) is 28.2. The van der Waals surface area contributed by atoms with Crippen molar-refractivity contribution >= 4 is 43.7 Å². The summed E-state index contributed by atoms with van der Waals surface area (Å²) in [4.78, 5) is 15.0. The fraction of sp³-hybridized carbons (Fsp3) is 0.0192. The molecule has 0 spiro atoms. The van der Waals surface area contributed by atoms with Gasteiger partial charge in [0.2, 0.25) is 0 Å². The molecular weight excluding hydrogens is 697 g/mol. The van der Waals surface area contributed by atoms with E-state index in [4.69, 9.17) is 19.4 Å². The van der Waals surface area contributed by atoms with E-state index in [0.717, 1.165) is 67.4 Å². The predicted molar refractivity (Wildman–Crippen MR) is 231 cm³/mol. The average Bonchev–Trinajstić information content (AvgIpc) is 3.95. The summed E-state index contributed by atoms with van der Waals surface area (Å²) in [6.07, 6.45) is 0.886. The first-order valence-electron chi connectivity index (χ1n) is 19.3. The van der Waals surface area contributed by atoms with Crippen molar-refractivity contribution in [3.8, 4) is 62.1 Å². The van der Waals surface area contributed by atoms with Crippen molar-refractivity contribution in [1.29, 1.82) is 0 Å². The van der Waals surface area contributed by atoms with Crippen LogP contribution < -0.4 is 0 Å². The maximum absolute atomic E-state index is 6.46. The Bertz CT molecular complexity index is 3320. The molecule has 0 bridgehead atoms. The first-order valence-corrected chi connectivity index (χ1v) is 19.3. The molecule has 0 unspecified atom stereocenters. The third-order valence-electron chi connectivity index (χ3n) is 11.5. The molecule has 0 fully saturated rings. The third kappa shape index (κ3) is 5.06. The molecular formula is C52H32N4O. The largest absolute Gasteiger partial charge is 0.455 e. The Morgan fingerprint density at radius 2 is 0.982 bits per heavy atom. The summed E-state index contributed by atoms with van der Waals surface area (Å²) < 4.78 is 8.86. The minimum atomic E-state index is 0.659. The van der Waals surface area contributed by atoms with Crippen LogP contribution in [0, 0.1) is 0 Å². The van der Waals surface area contributed by atoms with Gasteiger partial charge in [-0.15, -0.1) is 0 Å². The van der Waals surface area contributed by atoms with Crippen molar-refractivity contribution in [2.24, 2.45) is 0 Å². The molecule has 57 heavy (non-hydrogen) atoms. The van der Waals surface area contributed by atoms with Crippen LogP contribution in [-0.4, -0.2) is 19.5 Å². The van der Waals surface area contributed by atoms with E-state index in [1.807, 2.05) is 72.8 Å². The van der Waals surface area contributed by atoms with Crippen LogP contribution >= 0.6 is 0 Å².